The first-order chi connectivity index (χ1) is 9.06. The Morgan fingerprint density at radius 2 is 2.21 bits per heavy atom. The van der Waals surface area contributed by atoms with Gasteiger partial charge in [0.05, 0.1) is 11.4 Å². The van der Waals surface area contributed by atoms with Crippen molar-refractivity contribution in [2.75, 3.05) is 0 Å². The Balaban J connectivity index is 2.26. The second-order valence-corrected chi connectivity index (χ2v) is 5.58. The van der Waals surface area contributed by atoms with E-state index in [9.17, 15) is 4.79 Å². The van der Waals surface area contributed by atoms with Crippen LogP contribution in [-0.4, -0.2) is 20.9 Å². The minimum absolute atomic E-state index is 0.311. The van der Waals surface area contributed by atoms with Crippen LogP contribution in [0.2, 0.25) is 5.02 Å². The van der Waals surface area contributed by atoms with Gasteiger partial charge in [-0.3, -0.25) is 0 Å². The van der Waals surface area contributed by atoms with Crippen LogP contribution < -0.4 is 0 Å². The molecule has 0 aliphatic rings. The largest absolute Gasteiger partial charge is 0.477 e. The van der Waals surface area contributed by atoms with Crippen molar-refractivity contribution in [3.63, 3.8) is 0 Å². The van der Waals surface area contributed by atoms with E-state index >= 15 is 0 Å². The molecule has 0 saturated carbocycles. The van der Waals surface area contributed by atoms with Crippen LogP contribution in [0, 0.1) is 6.92 Å². The van der Waals surface area contributed by atoms with Crippen LogP contribution in [-0.2, 0) is 0 Å². The van der Waals surface area contributed by atoms with Gasteiger partial charge in [0.2, 0.25) is 0 Å². The molecule has 0 atom stereocenters. The molecule has 19 heavy (non-hydrogen) atoms. The maximum Gasteiger partial charge on any atom is 0.345 e. The fourth-order valence-electron chi connectivity index (χ4n) is 1.94. The molecule has 3 rings (SSSR count). The summed E-state index contributed by atoms with van der Waals surface area (Å²) in [4.78, 5) is 12.2. The zero-order valence-electron chi connectivity index (χ0n) is 9.92. The molecule has 6 heteroatoms. The summed E-state index contributed by atoms with van der Waals surface area (Å²) in [6.07, 6.45) is 0. The van der Waals surface area contributed by atoms with Crippen molar-refractivity contribution in [2.24, 2.45) is 0 Å². The second kappa shape index (κ2) is 4.36. The van der Waals surface area contributed by atoms with E-state index < -0.39 is 5.97 Å². The molecule has 1 aromatic carbocycles. The molecule has 0 unspecified atom stereocenters. The molecule has 2 aromatic heterocycles. The number of halogens is 1. The number of fused-ring (bicyclic) bond motifs is 1. The first-order valence-corrected chi connectivity index (χ1v) is 6.74. The van der Waals surface area contributed by atoms with Crippen molar-refractivity contribution >= 4 is 39.1 Å². The lowest BCUT2D eigenvalue weighted by Crippen LogP contribution is -1.96. The fourth-order valence-corrected chi connectivity index (χ4v) is 3.14. The number of carbonyl (C=O) groups is 1. The van der Waals surface area contributed by atoms with E-state index in [0.29, 0.717) is 9.90 Å². The maximum absolute atomic E-state index is 11.0. The molecular formula is C13H9ClN2O2S. The van der Waals surface area contributed by atoms with Crippen LogP contribution in [0.1, 0.15) is 15.4 Å². The number of aromatic carboxylic acids is 1. The highest BCUT2D eigenvalue weighted by atomic mass is 35.5. The first-order valence-electron chi connectivity index (χ1n) is 5.54. The molecule has 1 N–H and O–H groups in total. The summed E-state index contributed by atoms with van der Waals surface area (Å²) < 4.78 is 1.73. The van der Waals surface area contributed by atoms with Gasteiger partial charge in [-0.1, -0.05) is 17.7 Å². The van der Waals surface area contributed by atoms with Crippen molar-refractivity contribution in [1.29, 1.82) is 0 Å². The van der Waals surface area contributed by atoms with E-state index in [2.05, 4.69) is 5.10 Å². The minimum Gasteiger partial charge on any atom is -0.477 e. The number of hydrogen-bond donors (Lipinski definition) is 1. The molecule has 0 aliphatic carbocycles. The van der Waals surface area contributed by atoms with Gasteiger partial charge < -0.3 is 5.11 Å². The topological polar surface area (TPSA) is 55.1 Å². The number of nitrogens with zero attached hydrogens (tertiary/aromatic N) is 2. The lowest BCUT2D eigenvalue weighted by atomic mass is 10.3. The Kier molecular flexibility index (Phi) is 2.80. The van der Waals surface area contributed by atoms with Crippen LogP contribution in [0.25, 0.3) is 15.9 Å². The van der Waals surface area contributed by atoms with Gasteiger partial charge in [-0.05, 0) is 31.2 Å². The number of aryl methyl sites for hydroxylation is 1. The highest BCUT2D eigenvalue weighted by molar-refractivity contribution is 7.20. The van der Waals surface area contributed by atoms with Gasteiger partial charge in [0, 0.05) is 10.4 Å². The number of carboxylic acid groups (broad SMARTS) is 1. The summed E-state index contributed by atoms with van der Waals surface area (Å²) in [5, 5.41) is 15.0. The van der Waals surface area contributed by atoms with E-state index in [1.807, 2.05) is 19.1 Å². The molecule has 0 fully saturated rings. The van der Waals surface area contributed by atoms with Gasteiger partial charge in [0.1, 0.15) is 9.71 Å². The third-order valence-electron chi connectivity index (χ3n) is 2.81. The quantitative estimate of drug-likeness (QED) is 0.782. The monoisotopic (exact) mass is 292 g/mol. The SMILES string of the molecule is Cc1nn(-c2cccc(Cl)c2)c2sc(C(=O)O)cc12. The van der Waals surface area contributed by atoms with Gasteiger partial charge in [-0.15, -0.1) is 11.3 Å². The van der Waals surface area contributed by atoms with Crippen molar-refractivity contribution in [3.05, 3.63) is 45.9 Å². The van der Waals surface area contributed by atoms with E-state index in [1.54, 1.807) is 22.9 Å². The predicted molar refractivity (Wildman–Crippen MR) is 75.7 cm³/mol. The third kappa shape index (κ3) is 2.01. The molecule has 0 amide bonds. The zero-order chi connectivity index (χ0) is 13.6. The molecule has 0 saturated heterocycles. The molecular weight excluding hydrogens is 284 g/mol. The summed E-state index contributed by atoms with van der Waals surface area (Å²) >= 11 is 7.19. The Labute approximate surface area is 117 Å². The van der Waals surface area contributed by atoms with Crippen molar-refractivity contribution < 1.29 is 9.90 Å². The van der Waals surface area contributed by atoms with Crippen LogP contribution >= 0.6 is 22.9 Å². The third-order valence-corrected chi connectivity index (χ3v) is 4.14. The molecule has 96 valence electrons. The Morgan fingerprint density at radius 3 is 2.89 bits per heavy atom. The van der Waals surface area contributed by atoms with E-state index in [4.69, 9.17) is 16.7 Å². The van der Waals surface area contributed by atoms with Crippen LogP contribution in [0.5, 0.6) is 0 Å². The summed E-state index contributed by atoms with van der Waals surface area (Å²) in [7, 11) is 0. The van der Waals surface area contributed by atoms with Gasteiger partial charge >= 0.3 is 5.97 Å². The van der Waals surface area contributed by atoms with Gasteiger partial charge in [0.25, 0.3) is 0 Å². The highest BCUT2D eigenvalue weighted by Gasteiger charge is 2.16. The number of hydrogen-bond acceptors (Lipinski definition) is 3. The van der Waals surface area contributed by atoms with Gasteiger partial charge in [-0.2, -0.15) is 5.10 Å². The lowest BCUT2D eigenvalue weighted by Gasteiger charge is -2.02. The molecule has 0 aliphatic heterocycles. The van der Waals surface area contributed by atoms with E-state index in [1.165, 1.54) is 11.3 Å². The Morgan fingerprint density at radius 1 is 1.42 bits per heavy atom. The predicted octanol–water partition coefficient (Wildman–Crippen LogP) is 3.75. The number of thiophene rings is 1. The number of benzene rings is 1. The lowest BCUT2D eigenvalue weighted by molar-refractivity contribution is 0.0702. The molecule has 4 nitrogen and oxygen atoms in total. The average Bonchev–Trinajstić information content (AvgIpc) is 2.90. The zero-order valence-corrected chi connectivity index (χ0v) is 11.5. The van der Waals surface area contributed by atoms with Crippen LogP contribution in [0.3, 0.4) is 0 Å². The summed E-state index contributed by atoms with van der Waals surface area (Å²) in [6, 6.07) is 8.97. The van der Waals surface area contributed by atoms with Crippen LogP contribution in [0.15, 0.2) is 30.3 Å². The standard InChI is InChI=1S/C13H9ClN2O2S/c1-7-10-6-11(13(17)18)19-12(10)16(15-7)9-4-2-3-8(14)5-9/h2-6H,1H3,(H,17,18). The Hall–Kier alpha value is -1.85. The molecule has 0 spiro atoms. The van der Waals surface area contributed by atoms with Crippen molar-refractivity contribution in [2.45, 2.75) is 6.92 Å². The van der Waals surface area contributed by atoms with E-state index in [0.717, 1.165) is 21.6 Å². The summed E-state index contributed by atoms with van der Waals surface area (Å²) in [6.45, 7) is 1.86. The maximum atomic E-state index is 11.0. The molecule has 2 heterocycles. The van der Waals surface area contributed by atoms with Crippen molar-refractivity contribution in [1.82, 2.24) is 9.78 Å². The van der Waals surface area contributed by atoms with Gasteiger partial charge in [-0.25, -0.2) is 9.48 Å². The summed E-state index contributed by atoms with van der Waals surface area (Å²) in [5.74, 6) is -0.918. The first kappa shape index (κ1) is 12.2. The fraction of sp³-hybridized carbons (Fsp3) is 0.0769. The van der Waals surface area contributed by atoms with Crippen LogP contribution in [0.4, 0.5) is 0 Å². The Bertz CT molecular complexity index is 791. The van der Waals surface area contributed by atoms with E-state index in [-0.39, 0.29) is 0 Å². The highest BCUT2D eigenvalue weighted by Crippen LogP contribution is 2.30. The minimum atomic E-state index is -0.918. The van der Waals surface area contributed by atoms with Gasteiger partial charge in [0.15, 0.2) is 0 Å². The number of aromatic nitrogens is 2. The number of carboxylic acids is 1. The average molecular weight is 293 g/mol. The van der Waals surface area contributed by atoms with Crippen molar-refractivity contribution in [3.8, 4) is 5.69 Å². The smallest absolute Gasteiger partial charge is 0.345 e. The summed E-state index contributed by atoms with van der Waals surface area (Å²) in [5.41, 5.74) is 1.63. The normalized spacial score (nSPS) is 11.1. The molecule has 0 radical (unpaired) electrons. The second-order valence-electron chi connectivity index (χ2n) is 4.11. The number of rotatable bonds is 2. The molecule has 3 aromatic rings. The molecule has 0 bridgehead atoms.